The Hall–Kier alpha value is -1.33. The summed E-state index contributed by atoms with van der Waals surface area (Å²) in [5, 5.41) is 9.69. The van der Waals surface area contributed by atoms with Gasteiger partial charge in [0.2, 0.25) is 0 Å². The van der Waals surface area contributed by atoms with Crippen LogP contribution in [0.5, 0.6) is 0 Å². The molecule has 104 valence electrons. The van der Waals surface area contributed by atoms with E-state index in [-0.39, 0.29) is 12.1 Å². The van der Waals surface area contributed by atoms with E-state index in [1.165, 1.54) is 16.9 Å². The van der Waals surface area contributed by atoms with Crippen molar-refractivity contribution < 1.29 is 4.79 Å². The largest absolute Gasteiger partial charge is 0.352 e. The third kappa shape index (κ3) is 1.88. The SMILES string of the molecule is C[C@@H]1CCc2c(sc3c2C(=O)N[C@@H](c2cccs2)N3)C1. The van der Waals surface area contributed by atoms with Crippen LogP contribution in [0.2, 0.25) is 0 Å². The van der Waals surface area contributed by atoms with Crippen LogP contribution in [0.3, 0.4) is 0 Å². The predicted molar refractivity (Wildman–Crippen MR) is 83.7 cm³/mol. The molecule has 2 atom stereocenters. The van der Waals surface area contributed by atoms with Gasteiger partial charge in [0.1, 0.15) is 11.2 Å². The quantitative estimate of drug-likeness (QED) is 0.841. The van der Waals surface area contributed by atoms with E-state index >= 15 is 0 Å². The number of hydrogen-bond acceptors (Lipinski definition) is 4. The van der Waals surface area contributed by atoms with Gasteiger partial charge >= 0.3 is 0 Å². The Bertz CT molecular complexity index is 660. The van der Waals surface area contributed by atoms with Crippen LogP contribution in [0.15, 0.2) is 17.5 Å². The molecule has 3 heterocycles. The minimum Gasteiger partial charge on any atom is -0.352 e. The minimum absolute atomic E-state index is 0.0764. The van der Waals surface area contributed by atoms with Gasteiger partial charge in [-0.1, -0.05) is 13.0 Å². The zero-order chi connectivity index (χ0) is 13.7. The highest BCUT2D eigenvalue weighted by Gasteiger charge is 2.33. The highest BCUT2D eigenvalue weighted by Crippen LogP contribution is 2.42. The Morgan fingerprint density at radius 2 is 2.25 bits per heavy atom. The molecule has 4 rings (SSSR count). The molecule has 5 heteroatoms. The molecule has 0 spiro atoms. The molecule has 1 amide bonds. The summed E-state index contributed by atoms with van der Waals surface area (Å²) in [6.07, 6.45) is 3.28. The van der Waals surface area contributed by atoms with Crippen molar-refractivity contribution in [2.45, 2.75) is 32.4 Å². The third-order valence-corrected chi connectivity index (χ3v) is 6.24. The van der Waals surface area contributed by atoms with E-state index in [1.807, 2.05) is 11.4 Å². The zero-order valence-electron chi connectivity index (χ0n) is 11.2. The average Bonchev–Trinajstić information content (AvgIpc) is 3.04. The molecule has 2 N–H and O–H groups in total. The fraction of sp³-hybridized carbons (Fsp3) is 0.400. The summed E-state index contributed by atoms with van der Waals surface area (Å²) in [5.74, 6) is 0.822. The van der Waals surface area contributed by atoms with Crippen LogP contribution in [0.25, 0.3) is 0 Å². The second-order valence-corrected chi connectivity index (χ2v) is 7.71. The number of amides is 1. The van der Waals surface area contributed by atoms with Gasteiger partial charge in [0, 0.05) is 9.75 Å². The third-order valence-electron chi connectivity index (χ3n) is 4.12. The molecule has 1 aliphatic heterocycles. The normalized spacial score (nSPS) is 24.6. The maximum atomic E-state index is 12.5. The van der Waals surface area contributed by atoms with E-state index in [0.717, 1.165) is 34.2 Å². The Kier molecular flexibility index (Phi) is 2.86. The van der Waals surface area contributed by atoms with Crippen molar-refractivity contribution in [1.82, 2.24) is 5.32 Å². The number of hydrogen-bond donors (Lipinski definition) is 2. The fourth-order valence-electron chi connectivity index (χ4n) is 3.06. The number of carbonyl (C=O) groups excluding carboxylic acids is 1. The first kappa shape index (κ1) is 12.4. The van der Waals surface area contributed by atoms with E-state index in [4.69, 9.17) is 0 Å². The lowest BCUT2D eigenvalue weighted by Gasteiger charge is -2.26. The van der Waals surface area contributed by atoms with Gasteiger partial charge in [-0.15, -0.1) is 22.7 Å². The topological polar surface area (TPSA) is 41.1 Å². The molecule has 0 fully saturated rings. The molecule has 2 aliphatic rings. The Balaban J connectivity index is 1.73. The Morgan fingerprint density at radius 1 is 1.35 bits per heavy atom. The van der Waals surface area contributed by atoms with E-state index in [2.05, 4.69) is 23.6 Å². The van der Waals surface area contributed by atoms with E-state index < -0.39 is 0 Å². The standard InChI is InChI=1S/C15H16N2OS2/c1-8-4-5-9-11(7-8)20-15-12(9)14(18)16-13(17-15)10-3-2-6-19-10/h2-3,6,8,13,17H,4-5,7H2,1H3,(H,16,18)/t8-,13-/m1/s1. The molecule has 0 saturated carbocycles. The van der Waals surface area contributed by atoms with Gasteiger partial charge in [0.15, 0.2) is 0 Å². The van der Waals surface area contributed by atoms with Crippen molar-refractivity contribution >= 4 is 33.6 Å². The van der Waals surface area contributed by atoms with E-state index in [1.54, 1.807) is 22.7 Å². The molecule has 2 aromatic rings. The van der Waals surface area contributed by atoms with Gasteiger partial charge in [-0.2, -0.15) is 0 Å². The molecule has 0 unspecified atom stereocenters. The average molecular weight is 304 g/mol. The molecule has 0 aromatic carbocycles. The molecule has 0 saturated heterocycles. The fourth-order valence-corrected chi connectivity index (χ4v) is 5.22. The van der Waals surface area contributed by atoms with Crippen molar-refractivity contribution in [3.05, 3.63) is 38.4 Å². The van der Waals surface area contributed by atoms with Gasteiger partial charge < -0.3 is 10.6 Å². The van der Waals surface area contributed by atoms with Crippen molar-refractivity contribution in [1.29, 1.82) is 0 Å². The molecule has 2 aromatic heterocycles. The molecule has 0 bridgehead atoms. The van der Waals surface area contributed by atoms with Crippen LogP contribution in [-0.2, 0) is 12.8 Å². The van der Waals surface area contributed by atoms with Gasteiger partial charge in [0.25, 0.3) is 5.91 Å². The highest BCUT2D eigenvalue weighted by molar-refractivity contribution is 7.16. The van der Waals surface area contributed by atoms with Gasteiger partial charge in [-0.05, 0) is 42.2 Å². The number of fused-ring (bicyclic) bond motifs is 3. The van der Waals surface area contributed by atoms with Gasteiger partial charge in [-0.3, -0.25) is 4.79 Å². The summed E-state index contributed by atoms with van der Waals surface area (Å²) in [6.45, 7) is 2.30. The molecule has 20 heavy (non-hydrogen) atoms. The van der Waals surface area contributed by atoms with E-state index in [0.29, 0.717) is 0 Å². The summed E-state index contributed by atoms with van der Waals surface area (Å²) in [5.41, 5.74) is 2.20. The summed E-state index contributed by atoms with van der Waals surface area (Å²) in [6, 6.07) is 4.08. The lowest BCUT2D eigenvalue weighted by molar-refractivity contribution is 0.0936. The van der Waals surface area contributed by atoms with Crippen LogP contribution in [-0.4, -0.2) is 5.91 Å². The van der Waals surface area contributed by atoms with Crippen LogP contribution in [0.1, 0.15) is 45.2 Å². The van der Waals surface area contributed by atoms with Crippen LogP contribution >= 0.6 is 22.7 Å². The van der Waals surface area contributed by atoms with Crippen molar-refractivity contribution in [2.75, 3.05) is 5.32 Å². The zero-order valence-corrected chi connectivity index (χ0v) is 12.9. The van der Waals surface area contributed by atoms with Gasteiger partial charge in [0.05, 0.1) is 5.56 Å². The van der Waals surface area contributed by atoms with Crippen molar-refractivity contribution in [3.8, 4) is 0 Å². The summed E-state index contributed by atoms with van der Waals surface area (Å²) < 4.78 is 0. The Labute approximate surface area is 126 Å². The van der Waals surface area contributed by atoms with Crippen LogP contribution in [0, 0.1) is 5.92 Å². The lowest BCUT2D eigenvalue weighted by Crippen LogP contribution is -2.37. The maximum absolute atomic E-state index is 12.5. The number of nitrogens with one attached hydrogen (secondary N) is 2. The second-order valence-electron chi connectivity index (χ2n) is 5.62. The van der Waals surface area contributed by atoms with Crippen molar-refractivity contribution in [2.24, 2.45) is 5.92 Å². The summed E-state index contributed by atoms with van der Waals surface area (Å²) >= 11 is 3.45. The van der Waals surface area contributed by atoms with Gasteiger partial charge in [-0.25, -0.2) is 0 Å². The molecule has 3 nitrogen and oxygen atoms in total. The first-order valence-electron chi connectivity index (χ1n) is 6.97. The minimum atomic E-state index is -0.0764. The molecular weight excluding hydrogens is 288 g/mol. The van der Waals surface area contributed by atoms with Crippen molar-refractivity contribution in [3.63, 3.8) is 0 Å². The molecule has 1 aliphatic carbocycles. The second kappa shape index (κ2) is 4.60. The summed E-state index contributed by atoms with van der Waals surface area (Å²) in [4.78, 5) is 15.0. The smallest absolute Gasteiger partial charge is 0.256 e. The van der Waals surface area contributed by atoms with Crippen LogP contribution < -0.4 is 10.6 Å². The van der Waals surface area contributed by atoms with Crippen LogP contribution in [0.4, 0.5) is 5.00 Å². The maximum Gasteiger partial charge on any atom is 0.256 e. The first-order valence-corrected chi connectivity index (χ1v) is 8.67. The monoisotopic (exact) mass is 304 g/mol. The molecular formula is C15H16N2OS2. The predicted octanol–water partition coefficient (Wildman–Crippen LogP) is 3.79. The number of carbonyl (C=O) groups is 1. The summed E-state index contributed by atoms with van der Waals surface area (Å²) in [7, 11) is 0. The number of rotatable bonds is 1. The number of thiophene rings is 2. The molecule has 0 radical (unpaired) electrons. The highest BCUT2D eigenvalue weighted by atomic mass is 32.1. The first-order chi connectivity index (χ1) is 9.72. The number of anilines is 1. The van der Waals surface area contributed by atoms with E-state index in [9.17, 15) is 4.79 Å². The lowest BCUT2D eigenvalue weighted by atomic mass is 9.88. The Morgan fingerprint density at radius 3 is 3.05 bits per heavy atom.